The average molecular weight is 273 g/mol. The normalized spacial score (nSPS) is 10.9. The first kappa shape index (κ1) is 12.5. The van der Waals surface area contributed by atoms with Crippen molar-refractivity contribution in [2.24, 2.45) is 0 Å². The molecule has 0 unspecified atom stereocenters. The van der Waals surface area contributed by atoms with Gasteiger partial charge in [0.05, 0.1) is 16.9 Å². The lowest BCUT2D eigenvalue weighted by Crippen LogP contribution is -2.07. The lowest BCUT2D eigenvalue weighted by Gasteiger charge is -2.08. The largest absolute Gasteiger partial charge is 0.478 e. The summed E-state index contributed by atoms with van der Waals surface area (Å²) in [6.07, 6.45) is -2.08. The van der Waals surface area contributed by atoms with Crippen LogP contribution in [-0.2, 0) is 0 Å². The molecule has 2 rings (SSSR count). The van der Waals surface area contributed by atoms with Crippen LogP contribution in [-0.4, -0.2) is 20.9 Å². The minimum Gasteiger partial charge on any atom is -0.478 e. The highest BCUT2D eigenvalue weighted by Crippen LogP contribution is 2.28. The van der Waals surface area contributed by atoms with Gasteiger partial charge in [0.2, 0.25) is 0 Å². The van der Waals surface area contributed by atoms with Gasteiger partial charge in [0.25, 0.3) is 6.43 Å². The molecule has 0 atom stereocenters. The molecule has 1 N–H and O–H groups in total. The molecule has 1 heterocycles. The number of rotatable bonds is 3. The highest BCUT2D eigenvalue weighted by molar-refractivity contribution is 6.32. The summed E-state index contributed by atoms with van der Waals surface area (Å²) in [6.45, 7) is 0. The molecular weight excluding hydrogens is 266 g/mol. The summed E-state index contributed by atoms with van der Waals surface area (Å²) < 4.78 is 26.7. The number of carboxylic acids is 1. The van der Waals surface area contributed by atoms with Crippen molar-refractivity contribution in [2.45, 2.75) is 6.43 Å². The summed E-state index contributed by atoms with van der Waals surface area (Å²) in [5.74, 6) is -1.45. The highest BCUT2D eigenvalue weighted by atomic mass is 35.5. The van der Waals surface area contributed by atoms with E-state index in [0.717, 1.165) is 10.9 Å². The van der Waals surface area contributed by atoms with Crippen LogP contribution in [0.1, 0.15) is 22.5 Å². The number of para-hydroxylation sites is 1. The molecule has 94 valence electrons. The third kappa shape index (κ3) is 2.06. The number of hydrogen-bond acceptors (Lipinski definition) is 2. The predicted molar refractivity (Wildman–Crippen MR) is 60.5 cm³/mol. The molecule has 7 heteroatoms. The zero-order chi connectivity index (χ0) is 13.3. The van der Waals surface area contributed by atoms with E-state index in [2.05, 4.69) is 5.10 Å². The molecule has 0 saturated heterocycles. The fourth-order valence-electron chi connectivity index (χ4n) is 1.55. The Hall–Kier alpha value is -1.95. The maximum atomic E-state index is 12.9. The molecule has 0 amide bonds. The molecule has 0 saturated carbocycles. The van der Waals surface area contributed by atoms with Crippen LogP contribution < -0.4 is 0 Å². The Morgan fingerprint density at radius 3 is 2.61 bits per heavy atom. The lowest BCUT2D eigenvalue weighted by molar-refractivity contribution is 0.0683. The minimum absolute atomic E-state index is 0.208. The van der Waals surface area contributed by atoms with Crippen LogP contribution in [0.15, 0.2) is 30.5 Å². The van der Waals surface area contributed by atoms with Gasteiger partial charge in [0.15, 0.2) is 0 Å². The Morgan fingerprint density at radius 1 is 1.39 bits per heavy atom. The van der Waals surface area contributed by atoms with Crippen molar-refractivity contribution in [1.82, 2.24) is 9.78 Å². The second-order valence-corrected chi connectivity index (χ2v) is 3.82. The fourth-order valence-corrected chi connectivity index (χ4v) is 1.76. The monoisotopic (exact) mass is 272 g/mol. The second-order valence-electron chi connectivity index (χ2n) is 3.41. The molecule has 0 bridgehead atoms. The quantitative estimate of drug-likeness (QED) is 0.934. The summed E-state index contributed by atoms with van der Waals surface area (Å²) in [5, 5.41) is 12.7. The van der Waals surface area contributed by atoms with Crippen LogP contribution in [0.4, 0.5) is 8.78 Å². The predicted octanol–water partition coefficient (Wildman–Crippen LogP) is 3.16. The average Bonchev–Trinajstić information content (AvgIpc) is 2.74. The number of benzene rings is 1. The van der Waals surface area contributed by atoms with Crippen molar-refractivity contribution in [3.63, 3.8) is 0 Å². The number of aromatic carboxylic acids is 1. The summed E-state index contributed by atoms with van der Waals surface area (Å²) >= 11 is 5.87. The zero-order valence-electron chi connectivity index (χ0n) is 8.85. The maximum absolute atomic E-state index is 12.9. The highest BCUT2D eigenvalue weighted by Gasteiger charge is 2.25. The van der Waals surface area contributed by atoms with E-state index in [0.29, 0.717) is 0 Å². The van der Waals surface area contributed by atoms with Gasteiger partial charge in [-0.05, 0) is 12.1 Å². The molecule has 0 aliphatic carbocycles. The summed E-state index contributed by atoms with van der Waals surface area (Å²) in [6, 6.07) is 6.22. The van der Waals surface area contributed by atoms with E-state index in [-0.39, 0.29) is 10.7 Å². The number of hydrogen-bond donors (Lipinski definition) is 1. The molecule has 1 aromatic carbocycles. The van der Waals surface area contributed by atoms with E-state index in [4.69, 9.17) is 16.7 Å². The van der Waals surface area contributed by atoms with Gasteiger partial charge in [-0.15, -0.1) is 0 Å². The van der Waals surface area contributed by atoms with E-state index in [9.17, 15) is 13.6 Å². The molecule has 0 aliphatic heterocycles. The topological polar surface area (TPSA) is 55.1 Å². The first-order chi connectivity index (χ1) is 8.52. The molecule has 0 spiro atoms. The van der Waals surface area contributed by atoms with Gasteiger partial charge in [-0.2, -0.15) is 5.10 Å². The van der Waals surface area contributed by atoms with Gasteiger partial charge in [-0.25, -0.2) is 18.3 Å². The Kier molecular flexibility index (Phi) is 3.29. The minimum atomic E-state index is -2.96. The van der Waals surface area contributed by atoms with Crippen molar-refractivity contribution >= 4 is 17.6 Å². The SMILES string of the molecule is O=C(O)c1cnn(-c2ccccc2Cl)c1C(F)F. The number of aromatic nitrogens is 2. The van der Waals surface area contributed by atoms with Crippen molar-refractivity contribution in [1.29, 1.82) is 0 Å². The molecule has 1 aromatic heterocycles. The van der Waals surface area contributed by atoms with E-state index in [1.54, 1.807) is 12.1 Å². The third-order valence-electron chi connectivity index (χ3n) is 2.32. The van der Waals surface area contributed by atoms with Crippen LogP contribution in [0.2, 0.25) is 5.02 Å². The van der Waals surface area contributed by atoms with Gasteiger partial charge >= 0.3 is 5.97 Å². The van der Waals surface area contributed by atoms with E-state index in [1.807, 2.05) is 0 Å². The van der Waals surface area contributed by atoms with Crippen molar-refractivity contribution < 1.29 is 18.7 Å². The zero-order valence-corrected chi connectivity index (χ0v) is 9.60. The summed E-state index contributed by atoms with van der Waals surface area (Å²) in [4.78, 5) is 10.8. The fraction of sp³-hybridized carbons (Fsp3) is 0.0909. The number of alkyl halides is 2. The van der Waals surface area contributed by atoms with Crippen molar-refractivity contribution in [2.75, 3.05) is 0 Å². The van der Waals surface area contributed by atoms with Crippen LogP contribution in [0.3, 0.4) is 0 Å². The van der Waals surface area contributed by atoms with Crippen LogP contribution in [0, 0.1) is 0 Å². The Morgan fingerprint density at radius 2 is 2.06 bits per heavy atom. The van der Waals surface area contributed by atoms with Crippen LogP contribution in [0.25, 0.3) is 5.69 Å². The molecule has 0 radical (unpaired) electrons. The van der Waals surface area contributed by atoms with Gasteiger partial charge in [0, 0.05) is 0 Å². The first-order valence-electron chi connectivity index (χ1n) is 4.86. The van der Waals surface area contributed by atoms with E-state index < -0.39 is 23.7 Å². The van der Waals surface area contributed by atoms with Gasteiger partial charge in [-0.3, -0.25) is 0 Å². The molecule has 2 aromatic rings. The number of nitrogens with zero attached hydrogens (tertiary/aromatic N) is 2. The second kappa shape index (κ2) is 4.73. The van der Waals surface area contributed by atoms with E-state index >= 15 is 0 Å². The smallest absolute Gasteiger partial charge is 0.339 e. The van der Waals surface area contributed by atoms with Crippen LogP contribution >= 0.6 is 11.6 Å². The van der Waals surface area contributed by atoms with E-state index in [1.165, 1.54) is 12.1 Å². The molecule has 0 fully saturated rings. The molecule has 4 nitrogen and oxygen atoms in total. The first-order valence-corrected chi connectivity index (χ1v) is 5.24. The van der Waals surface area contributed by atoms with Gasteiger partial charge in [0.1, 0.15) is 11.3 Å². The lowest BCUT2D eigenvalue weighted by atomic mass is 10.2. The third-order valence-corrected chi connectivity index (χ3v) is 2.64. The molecule has 0 aliphatic rings. The Bertz CT molecular complexity index is 598. The van der Waals surface area contributed by atoms with Gasteiger partial charge < -0.3 is 5.11 Å². The number of carbonyl (C=O) groups is 1. The molecule has 18 heavy (non-hydrogen) atoms. The standard InChI is InChI=1S/C11H7ClF2N2O2/c12-7-3-1-2-4-8(7)16-9(10(13)14)6(5-15-16)11(17)18/h1-5,10H,(H,17,18). The van der Waals surface area contributed by atoms with Crippen molar-refractivity contribution in [3.8, 4) is 5.69 Å². The number of halogens is 3. The number of carboxylic acid groups (broad SMARTS) is 1. The van der Waals surface area contributed by atoms with Crippen molar-refractivity contribution in [3.05, 3.63) is 46.7 Å². The Balaban J connectivity index is 2.66. The summed E-state index contributed by atoms with van der Waals surface area (Å²) in [5.41, 5.74) is -1.01. The molecular formula is C11H7ClF2N2O2. The maximum Gasteiger partial charge on any atom is 0.339 e. The van der Waals surface area contributed by atoms with Crippen LogP contribution in [0.5, 0.6) is 0 Å². The van der Waals surface area contributed by atoms with Gasteiger partial charge in [-0.1, -0.05) is 23.7 Å². The summed E-state index contributed by atoms with van der Waals surface area (Å²) in [7, 11) is 0. The Labute approximate surface area is 105 Å².